The van der Waals surface area contributed by atoms with Crippen molar-refractivity contribution in [3.8, 4) is 34.1 Å². The fourth-order valence-corrected chi connectivity index (χ4v) is 3.54. The lowest BCUT2D eigenvalue weighted by Gasteiger charge is -2.11. The second-order valence-electron chi connectivity index (χ2n) is 7.32. The van der Waals surface area contributed by atoms with Crippen molar-refractivity contribution in [3.63, 3.8) is 0 Å². The smallest absolute Gasteiger partial charge is 0.193 e. The molecular weight excluding hydrogens is 404 g/mol. The van der Waals surface area contributed by atoms with E-state index in [4.69, 9.17) is 14.2 Å². The molecule has 3 aromatic carbocycles. The van der Waals surface area contributed by atoms with Gasteiger partial charge in [0, 0.05) is 23.4 Å². The summed E-state index contributed by atoms with van der Waals surface area (Å²) in [6.45, 7) is 1.92. The van der Waals surface area contributed by atoms with Crippen LogP contribution < -0.4 is 14.2 Å². The zero-order chi connectivity index (χ0) is 22.7. The number of ether oxygens (including phenoxy) is 3. The van der Waals surface area contributed by atoms with E-state index in [0.29, 0.717) is 28.4 Å². The molecule has 0 aliphatic heterocycles. The van der Waals surface area contributed by atoms with Crippen molar-refractivity contribution >= 4 is 5.78 Å². The number of hydrogen-bond acceptors (Lipinski definition) is 5. The van der Waals surface area contributed by atoms with Crippen molar-refractivity contribution in [1.82, 2.24) is 9.55 Å². The Morgan fingerprint density at radius 1 is 0.781 bits per heavy atom. The van der Waals surface area contributed by atoms with Gasteiger partial charge in [-0.25, -0.2) is 4.98 Å². The molecule has 0 aliphatic rings. The molecule has 1 aromatic heterocycles. The molecule has 0 amide bonds. The van der Waals surface area contributed by atoms with Crippen LogP contribution in [0.25, 0.3) is 16.8 Å². The van der Waals surface area contributed by atoms with Gasteiger partial charge >= 0.3 is 0 Å². The van der Waals surface area contributed by atoms with E-state index < -0.39 is 0 Å². The summed E-state index contributed by atoms with van der Waals surface area (Å²) < 4.78 is 18.1. The van der Waals surface area contributed by atoms with Gasteiger partial charge in [-0.15, -0.1) is 0 Å². The van der Waals surface area contributed by atoms with Crippen LogP contribution in [0.4, 0.5) is 0 Å². The summed E-state index contributed by atoms with van der Waals surface area (Å²) in [5.74, 6) is 1.94. The van der Waals surface area contributed by atoms with Crippen LogP contribution in [0.2, 0.25) is 0 Å². The number of carbonyl (C=O) groups excluding carboxylic acids is 1. The van der Waals surface area contributed by atoms with Crippen molar-refractivity contribution in [2.24, 2.45) is 0 Å². The minimum absolute atomic E-state index is 0.0774. The standard InChI is InChI=1S/C26H24N2O4/c1-17-15-28(16-27-17)24-10-9-20(13-25(24)32-4)26(29)19-7-5-18(6-8-19)21-11-22(30-2)14-23(12-21)31-3/h5-16H,1-4H3. The Balaban J connectivity index is 1.62. The van der Waals surface area contributed by atoms with Gasteiger partial charge in [0.05, 0.1) is 39.0 Å². The molecule has 0 unspecified atom stereocenters. The second-order valence-corrected chi connectivity index (χ2v) is 7.32. The van der Waals surface area contributed by atoms with Gasteiger partial charge in [0.15, 0.2) is 5.78 Å². The Morgan fingerprint density at radius 2 is 1.44 bits per heavy atom. The van der Waals surface area contributed by atoms with E-state index in [1.165, 1.54) is 0 Å². The Morgan fingerprint density at radius 3 is 2.00 bits per heavy atom. The summed E-state index contributed by atoms with van der Waals surface area (Å²) in [6, 6.07) is 18.6. The van der Waals surface area contributed by atoms with E-state index in [1.807, 2.05) is 66.2 Å². The monoisotopic (exact) mass is 428 g/mol. The topological polar surface area (TPSA) is 62.6 Å². The second kappa shape index (κ2) is 8.98. The number of rotatable bonds is 7. The summed E-state index contributed by atoms with van der Waals surface area (Å²) in [5.41, 5.74) is 4.78. The molecule has 4 rings (SSSR count). The molecule has 0 fully saturated rings. The van der Waals surface area contributed by atoms with Gasteiger partial charge < -0.3 is 18.8 Å². The summed E-state index contributed by atoms with van der Waals surface area (Å²) in [6.07, 6.45) is 3.63. The first-order valence-electron chi connectivity index (χ1n) is 10.1. The molecule has 0 bridgehead atoms. The lowest BCUT2D eigenvalue weighted by Crippen LogP contribution is -2.04. The Bertz CT molecular complexity index is 1240. The number of hydrogen-bond donors (Lipinski definition) is 0. The molecule has 0 saturated heterocycles. The average Bonchev–Trinajstić information content (AvgIpc) is 3.28. The van der Waals surface area contributed by atoms with Gasteiger partial charge in [-0.3, -0.25) is 4.79 Å². The number of ketones is 1. The Hall–Kier alpha value is -4.06. The molecule has 0 aliphatic carbocycles. The zero-order valence-corrected chi connectivity index (χ0v) is 18.5. The highest BCUT2D eigenvalue weighted by Crippen LogP contribution is 2.31. The maximum atomic E-state index is 13.1. The number of carbonyl (C=O) groups is 1. The van der Waals surface area contributed by atoms with Crippen LogP contribution >= 0.6 is 0 Å². The molecule has 0 saturated carbocycles. The van der Waals surface area contributed by atoms with Crippen LogP contribution in [0.15, 0.2) is 73.2 Å². The Kier molecular flexibility index (Phi) is 5.94. The van der Waals surface area contributed by atoms with Crippen molar-refractivity contribution in [3.05, 3.63) is 90.0 Å². The van der Waals surface area contributed by atoms with E-state index in [2.05, 4.69) is 4.98 Å². The van der Waals surface area contributed by atoms with Gasteiger partial charge in [0.1, 0.15) is 17.2 Å². The Labute approximate surface area is 187 Å². The van der Waals surface area contributed by atoms with Crippen molar-refractivity contribution in [2.75, 3.05) is 21.3 Å². The lowest BCUT2D eigenvalue weighted by molar-refractivity contribution is 0.103. The fourth-order valence-electron chi connectivity index (χ4n) is 3.54. The first kappa shape index (κ1) is 21.2. The van der Waals surface area contributed by atoms with E-state index in [-0.39, 0.29) is 5.78 Å². The molecule has 0 radical (unpaired) electrons. The summed E-state index contributed by atoms with van der Waals surface area (Å²) >= 11 is 0. The number of imidazole rings is 1. The molecule has 162 valence electrons. The number of methoxy groups -OCH3 is 3. The van der Waals surface area contributed by atoms with Gasteiger partial charge in [0.25, 0.3) is 0 Å². The lowest BCUT2D eigenvalue weighted by atomic mass is 9.98. The van der Waals surface area contributed by atoms with Gasteiger partial charge in [0.2, 0.25) is 0 Å². The predicted octanol–water partition coefficient (Wildman–Crippen LogP) is 5.10. The third-order valence-corrected chi connectivity index (χ3v) is 5.26. The van der Waals surface area contributed by atoms with Gasteiger partial charge in [-0.1, -0.05) is 24.3 Å². The van der Waals surface area contributed by atoms with E-state index in [9.17, 15) is 4.79 Å². The SMILES string of the molecule is COc1cc(OC)cc(-c2ccc(C(=O)c3ccc(-n4cnc(C)c4)c(OC)c3)cc2)c1. The molecule has 1 heterocycles. The fraction of sp³-hybridized carbons (Fsp3) is 0.154. The minimum atomic E-state index is -0.0774. The van der Waals surface area contributed by atoms with Crippen molar-refractivity contribution in [1.29, 1.82) is 0 Å². The first-order valence-corrected chi connectivity index (χ1v) is 10.1. The minimum Gasteiger partial charge on any atom is -0.497 e. The summed E-state index contributed by atoms with van der Waals surface area (Å²) in [7, 11) is 4.83. The number of nitrogens with zero attached hydrogens (tertiary/aromatic N) is 2. The largest absolute Gasteiger partial charge is 0.497 e. The van der Waals surface area contributed by atoms with E-state index >= 15 is 0 Å². The molecule has 4 aromatic rings. The third kappa shape index (κ3) is 4.21. The molecule has 0 N–H and O–H groups in total. The van der Waals surface area contributed by atoms with E-state index in [0.717, 1.165) is 22.5 Å². The van der Waals surface area contributed by atoms with Crippen LogP contribution in [-0.2, 0) is 0 Å². The molecule has 32 heavy (non-hydrogen) atoms. The highest BCUT2D eigenvalue weighted by atomic mass is 16.5. The summed E-state index contributed by atoms with van der Waals surface area (Å²) in [5, 5.41) is 0. The number of benzene rings is 3. The van der Waals surface area contributed by atoms with Crippen LogP contribution in [0.3, 0.4) is 0 Å². The maximum absolute atomic E-state index is 13.1. The molecule has 0 atom stereocenters. The van der Waals surface area contributed by atoms with Gasteiger partial charge in [-0.2, -0.15) is 0 Å². The maximum Gasteiger partial charge on any atom is 0.193 e. The van der Waals surface area contributed by atoms with E-state index in [1.54, 1.807) is 39.8 Å². The normalized spacial score (nSPS) is 10.6. The number of aryl methyl sites for hydroxylation is 1. The molecular formula is C26H24N2O4. The first-order chi connectivity index (χ1) is 15.5. The van der Waals surface area contributed by atoms with Crippen LogP contribution in [0, 0.1) is 6.92 Å². The highest BCUT2D eigenvalue weighted by Gasteiger charge is 2.14. The number of aromatic nitrogens is 2. The van der Waals surface area contributed by atoms with Crippen molar-refractivity contribution in [2.45, 2.75) is 6.92 Å². The third-order valence-electron chi connectivity index (χ3n) is 5.26. The van der Waals surface area contributed by atoms with Crippen molar-refractivity contribution < 1.29 is 19.0 Å². The van der Waals surface area contributed by atoms with Gasteiger partial charge in [-0.05, 0) is 48.4 Å². The molecule has 6 heteroatoms. The van der Waals surface area contributed by atoms with Crippen LogP contribution in [-0.4, -0.2) is 36.7 Å². The highest BCUT2D eigenvalue weighted by molar-refractivity contribution is 6.09. The van der Waals surface area contributed by atoms with Crippen LogP contribution in [0.1, 0.15) is 21.6 Å². The zero-order valence-electron chi connectivity index (χ0n) is 18.5. The van der Waals surface area contributed by atoms with Crippen LogP contribution in [0.5, 0.6) is 17.2 Å². The molecule has 6 nitrogen and oxygen atoms in total. The summed E-state index contributed by atoms with van der Waals surface area (Å²) in [4.78, 5) is 17.4. The average molecular weight is 428 g/mol. The predicted molar refractivity (Wildman–Crippen MR) is 123 cm³/mol. The quantitative estimate of drug-likeness (QED) is 0.383. The molecule has 0 spiro atoms.